The van der Waals surface area contributed by atoms with Crippen LogP contribution in [-0.4, -0.2) is 30.3 Å². The SMILES string of the molecule is Cc1cnc2c(NC(=O)CS(=O)(=O)C(C)C)cccc2c1Cl. The third-order valence-electron chi connectivity index (χ3n) is 3.33. The first-order valence-corrected chi connectivity index (χ1v) is 8.87. The summed E-state index contributed by atoms with van der Waals surface area (Å²) in [6.07, 6.45) is 1.62. The summed E-state index contributed by atoms with van der Waals surface area (Å²) >= 11 is 6.23. The van der Waals surface area contributed by atoms with Gasteiger partial charge < -0.3 is 5.32 Å². The molecule has 5 nitrogen and oxygen atoms in total. The second-order valence-corrected chi connectivity index (χ2v) is 8.30. The van der Waals surface area contributed by atoms with Crippen molar-refractivity contribution in [1.29, 1.82) is 0 Å². The van der Waals surface area contributed by atoms with Crippen molar-refractivity contribution < 1.29 is 13.2 Å². The number of rotatable bonds is 4. The molecule has 118 valence electrons. The molecule has 0 atom stereocenters. The molecule has 1 heterocycles. The van der Waals surface area contributed by atoms with Gasteiger partial charge in [-0.15, -0.1) is 0 Å². The maximum absolute atomic E-state index is 12.0. The molecular weight excluding hydrogens is 324 g/mol. The smallest absolute Gasteiger partial charge is 0.239 e. The van der Waals surface area contributed by atoms with Gasteiger partial charge in [-0.1, -0.05) is 23.7 Å². The number of anilines is 1. The highest BCUT2D eigenvalue weighted by molar-refractivity contribution is 7.92. The molecule has 0 unspecified atom stereocenters. The van der Waals surface area contributed by atoms with E-state index in [4.69, 9.17) is 11.6 Å². The van der Waals surface area contributed by atoms with Crippen LogP contribution in [0.25, 0.3) is 10.9 Å². The summed E-state index contributed by atoms with van der Waals surface area (Å²) in [5.41, 5.74) is 1.82. The lowest BCUT2D eigenvalue weighted by Crippen LogP contribution is -2.28. The number of benzene rings is 1. The van der Waals surface area contributed by atoms with E-state index < -0.39 is 26.7 Å². The molecule has 0 saturated heterocycles. The molecular formula is C15H17ClN2O3S. The number of amides is 1. The molecule has 0 saturated carbocycles. The Morgan fingerprint density at radius 3 is 2.68 bits per heavy atom. The molecule has 0 spiro atoms. The number of nitrogens with one attached hydrogen (secondary N) is 1. The normalized spacial score (nSPS) is 11.9. The van der Waals surface area contributed by atoms with Crippen LogP contribution in [0.15, 0.2) is 24.4 Å². The van der Waals surface area contributed by atoms with Gasteiger partial charge in [-0.2, -0.15) is 0 Å². The fraction of sp³-hybridized carbons (Fsp3) is 0.333. The Morgan fingerprint density at radius 2 is 2.05 bits per heavy atom. The van der Waals surface area contributed by atoms with Crippen molar-refractivity contribution in [2.45, 2.75) is 26.0 Å². The third kappa shape index (κ3) is 3.39. The Kier molecular flexibility index (Phi) is 4.72. The summed E-state index contributed by atoms with van der Waals surface area (Å²) < 4.78 is 23.6. The van der Waals surface area contributed by atoms with Crippen LogP contribution in [0, 0.1) is 6.92 Å². The van der Waals surface area contributed by atoms with E-state index in [1.165, 1.54) is 0 Å². The molecule has 2 aromatic rings. The number of halogens is 1. The number of carbonyl (C=O) groups excluding carboxylic acids is 1. The highest BCUT2D eigenvalue weighted by Gasteiger charge is 2.21. The number of hydrogen-bond donors (Lipinski definition) is 1. The Balaban J connectivity index is 2.33. The minimum absolute atomic E-state index is 0.448. The summed E-state index contributed by atoms with van der Waals surface area (Å²) in [7, 11) is -3.44. The minimum atomic E-state index is -3.44. The summed E-state index contributed by atoms with van der Waals surface area (Å²) in [4.78, 5) is 16.3. The van der Waals surface area contributed by atoms with Gasteiger partial charge in [0.2, 0.25) is 5.91 Å². The third-order valence-corrected chi connectivity index (χ3v) is 5.93. The lowest BCUT2D eigenvalue weighted by Gasteiger charge is -2.11. The topological polar surface area (TPSA) is 76.1 Å². The molecule has 1 N–H and O–H groups in total. The van der Waals surface area contributed by atoms with Crippen molar-refractivity contribution in [3.8, 4) is 0 Å². The van der Waals surface area contributed by atoms with Crippen LogP contribution in [0.5, 0.6) is 0 Å². The van der Waals surface area contributed by atoms with Crippen molar-refractivity contribution in [1.82, 2.24) is 4.98 Å². The standard InChI is InChI=1S/C15H17ClN2O3S/c1-9(2)22(20,21)8-13(19)18-12-6-4-5-11-14(16)10(3)7-17-15(11)12/h4-7,9H,8H2,1-3H3,(H,18,19). The first-order chi connectivity index (χ1) is 10.2. The van der Waals surface area contributed by atoms with Crippen LogP contribution in [0.2, 0.25) is 5.02 Å². The monoisotopic (exact) mass is 340 g/mol. The van der Waals surface area contributed by atoms with Crippen LogP contribution in [-0.2, 0) is 14.6 Å². The van der Waals surface area contributed by atoms with Crippen molar-refractivity contribution in [2.75, 3.05) is 11.1 Å². The number of aromatic nitrogens is 1. The maximum atomic E-state index is 12.0. The van der Waals surface area contributed by atoms with Gasteiger partial charge >= 0.3 is 0 Å². The van der Waals surface area contributed by atoms with Gasteiger partial charge in [-0.05, 0) is 32.4 Å². The van der Waals surface area contributed by atoms with E-state index in [-0.39, 0.29) is 0 Å². The van der Waals surface area contributed by atoms with Gasteiger partial charge in [0.1, 0.15) is 5.75 Å². The molecule has 0 radical (unpaired) electrons. The zero-order valence-electron chi connectivity index (χ0n) is 12.6. The largest absolute Gasteiger partial charge is 0.323 e. The second-order valence-electron chi connectivity index (χ2n) is 5.36. The molecule has 0 aliphatic heterocycles. The van der Waals surface area contributed by atoms with E-state index in [1.54, 1.807) is 38.2 Å². The molecule has 0 aliphatic rings. The first-order valence-electron chi connectivity index (χ1n) is 6.77. The number of sulfone groups is 1. The summed E-state index contributed by atoms with van der Waals surface area (Å²) in [6.45, 7) is 4.94. The second kappa shape index (κ2) is 6.22. The average molecular weight is 341 g/mol. The fourth-order valence-electron chi connectivity index (χ4n) is 1.93. The van der Waals surface area contributed by atoms with E-state index in [0.29, 0.717) is 21.6 Å². The number of fused-ring (bicyclic) bond motifs is 1. The zero-order valence-corrected chi connectivity index (χ0v) is 14.1. The minimum Gasteiger partial charge on any atom is -0.323 e. The van der Waals surface area contributed by atoms with E-state index in [1.807, 2.05) is 6.92 Å². The van der Waals surface area contributed by atoms with Crippen molar-refractivity contribution in [3.05, 3.63) is 35.0 Å². The Labute approximate surface area is 134 Å². The van der Waals surface area contributed by atoms with Gasteiger partial charge in [0.15, 0.2) is 9.84 Å². The molecule has 0 fully saturated rings. The number of carbonyl (C=O) groups is 1. The molecule has 1 amide bonds. The fourth-order valence-corrected chi connectivity index (χ4v) is 2.90. The van der Waals surface area contributed by atoms with Crippen molar-refractivity contribution in [3.63, 3.8) is 0 Å². The summed E-state index contributed by atoms with van der Waals surface area (Å²) in [6, 6.07) is 5.21. The molecule has 1 aromatic heterocycles. The van der Waals surface area contributed by atoms with E-state index in [2.05, 4.69) is 10.3 Å². The predicted octanol–water partition coefficient (Wildman–Crippen LogP) is 2.96. The maximum Gasteiger partial charge on any atom is 0.239 e. The highest BCUT2D eigenvalue weighted by Crippen LogP contribution is 2.29. The van der Waals surface area contributed by atoms with Gasteiger partial charge in [0.25, 0.3) is 0 Å². The number of aryl methyl sites for hydroxylation is 1. The van der Waals surface area contributed by atoms with Crippen LogP contribution in [0.4, 0.5) is 5.69 Å². The predicted molar refractivity (Wildman–Crippen MR) is 89.0 cm³/mol. The molecule has 2 rings (SSSR count). The molecule has 0 bridgehead atoms. The number of pyridine rings is 1. The Morgan fingerprint density at radius 1 is 1.36 bits per heavy atom. The van der Waals surface area contributed by atoms with Crippen LogP contribution < -0.4 is 5.32 Å². The van der Waals surface area contributed by atoms with Crippen LogP contribution >= 0.6 is 11.6 Å². The highest BCUT2D eigenvalue weighted by atomic mass is 35.5. The summed E-state index contributed by atoms with van der Waals surface area (Å²) in [5, 5.41) is 3.29. The zero-order chi connectivity index (χ0) is 16.5. The van der Waals surface area contributed by atoms with E-state index >= 15 is 0 Å². The first kappa shape index (κ1) is 16.7. The van der Waals surface area contributed by atoms with E-state index in [0.717, 1.165) is 5.56 Å². The number of nitrogens with zero attached hydrogens (tertiary/aromatic N) is 1. The van der Waals surface area contributed by atoms with Gasteiger partial charge in [0.05, 0.1) is 21.5 Å². The van der Waals surface area contributed by atoms with Crippen LogP contribution in [0.3, 0.4) is 0 Å². The van der Waals surface area contributed by atoms with Gasteiger partial charge in [0, 0.05) is 11.6 Å². The molecule has 1 aromatic carbocycles. The van der Waals surface area contributed by atoms with Crippen molar-refractivity contribution in [2.24, 2.45) is 0 Å². The molecule has 0 aliphatic carbocycles. The lowest BCUT2D eigenvalue weighted by molar-refractivity contribution is -0.113. The number of hydrogen-bond acceptors (Lipinski definition) is 4. The number of para-hydroxylation sites is 1. The quantitative estimate of drug-likeness (QED) is 0.928. The Hall–Kier alpha value is -1.66. The molecule has 7 heteroatoms. The van der Waals surface area contributed by atoms with E-state index in [9.17, 15) is 13.2 Å². The van der Waals surface area contributed by atoms with Gasteiger partial charge in [-0.25, -0.2) is 8.42 Å². The summed E-state index contributed by atoms with van der Waals surface area (Å²) in [5.74, 6) is -1.14. The van der Waals surface area contributed by atoms with Gasteiger partial charge in [-0.3, -0.25) is 9.78 Å². The average Bonchev–Trinajstić information content (AvgIpc) is 2.42. The lowest BCUT2D eigenvalue weighted by atomic mass is 10.1. The van der Waals surface area contributed by atoms with Crippen LogP contribution in [0.1, 0.15) is 19.4 Å². The van der Waals surface area contributed by atoms with Crippen molar-refractivity contribution >= 4 is 43.9 Å². The molecule has 22 heavy (non-hydrogen) atoms. The Bertz CT molecular complexity index is 832.